The molecule has 0 saturated carbocycles. The lowest BCUT2D eigenvalue weighted by atomic mass is 10.0. The average Bonchev–Trinajstić information content (AvgIpc) is 3.01. The highest BCUT2D eigenvalue weighted by Gasteiger charge is 2.30. The van der Waals surface area contributed by atoms with Gasteiger partial charge in [-0.3, -0.25) is 4.79 Å². The molecular weight excluding hydrogens is 326 g/mol. The van der Waals surface area contributed by atoms with Crippen LogP contribution in [0.15, 0.2) is 42.6 Å². The van der Waals surface area contributed by atoms with Crippen molar-refractivity contribution < 1.29 is 4.79 Å². The molecule has 2 aromatic heterocycles. The summed E-state index contributed by atoms with van der Waals surface area (Å²) < 4.78 is 0. The minimum absolute atomic E-state index is 0.0423. The van der Waals surface area contributed by atoms with Gasteiger partial charge in [-0.15, -0.1) is 0 Å². The molecule has 4 rings (SSSR count). The first kappa shape index (κ1) is 16.7. The molecule has 0 aliphatic carbocycles. The van der Waals surface area contributed by atoms with Gasteiger partial charge in [0.05, 0.1) is 11.1 Å². The number of piperazine rings is 1. The molecule has 0 spiro atoms. The second-order valence-electron chi connectivity index (χ2n) is 7.02. The summed E-state index contributed by atoms with van der Waals surface area (Å²) >= 11 is 0. The summed E-state index contributed by atoms with van der Waals surface area (Å²) in [5.74, 6) is 0.847. The van der Waals surface area contributed by atoms with Gasteiger partial charge in [0.25, 0.3) is 5.91 Å². The van der Waals surface area contributed by atoms with Gasteiger partial charge in [0.15, 0.2) is 5.65 Å². The largest absolute Gasteiger partial charge is 0.341 e. The number of aryl methyl sites for hydroxylation is 1. The highest BCUT2D eigenvalue weighted by molar-refractivity contribution is 5.96. The molecule has 1 unspecified atom stereocenters. The second kappa shape index (κ2) is 6.88. The van der Waals surface area contributed by atoms with Crippen LogP contribution in [0.3, 0.4) is 0 Å². The fraction of sp³-hybridized carbons (Fsp3) is 0.350. The monoisotopic (exact) mass is 349 g/mol. The van der Waals surface area contributed by atoms with Crippen LogP contribution in [0.1, 0.15) is 21.7 Å². The molecule has 1 aliphatic rings. The van der Waals surface area contributed by atoms with E-state index >= 15 is 0 Å². The smallest absolute Gasteiger partial charge is 0.255 e. The van der Waals surface area contributed by atoms with Gasteiger partial charge < -0.3 is 14.8 Å². The van der Waals surface area contributed by atoms with Crippen molar-refractivity contribution in [2.45, 2.75) is 19.4 Å². The molecule has 134 valence electrons. The van der Waals surface area contributed by atoms with Crippen LogP contribution in [0.2, 0.25) is 0 Å². The van der Waals surface area contributed by atoms with Crippen molar-refractivity contribution in [3.8, 4) is 0 Å². The van der Waals surface area contributed by atoms with Crippen LogP contribution in [-0.2, 0) is 6.42 Å². The molecule has 1 fully saturated rings. The minimum Gasteiger partial charge on any atom is -0.341 e. The molecule has 26 heavy (non-hydrogen) atoms. The number of benzene rings is 1. The SMILES string of the molecule is Cc1nc2ncc(C(=O)N3CCN(C)CC3Cc3ccccc3)cc2[nH]1. The third-order valence-electron chi connectivity index (χ3n) is 4.96. The number of H-pyrrole nitrogens is 1. The van der Waals surface area contributed by atoms with E-state index in [1.165, 1.54) is 5.56 Å². The Morgan fingerprint density at radius 1 is 1.27 bits per heavy atom. The van der Waals surface area contributed by atoms with E-state index in [2.05, 4.69) is 39.0 Å². The fourth-order valence-corrected chi connectivity index (χ4v) is 3.64. The number of rotatable bonds is 3. The van der Waals surface area contributed by atoms with E-state index in [1.54, 1.807) is 6.20 Å². The lowest BCUT2D eigenvalue weighted by molar-refractivity contribution is 0.0501. The number of pyridine rings is 1. The number of hydrogen-bond donors (Lipinski definition) is 1. The Kier molecular flexibility index (Phi) is 4.42. The summed E-state index contributed by atoms with van der Waals surface area (Å²) in [6, 6.07) is 12.4. The molecule has 0 bridgehead atoms. The van der Waals surface area contributed by atoms with Gasteiger partial charge >= 0.3 is 0 Å². The van der Waals surface area contributed by atoms with Crippen LogP contribution in [0.5, 0.6) is 0 Å². The van der Waals surface area contributed by atoms with E-state index < -0.39 is 0 Å². The van der Waals surface area contributed by atoms with Gasteiger partial charge in [-0.1, -0.05) is 30.3 Å². The number of likely N-dealkylation sites (N-methyl/N-ethyl adjacent to an activating group) is 1. The number of nitrogens with zero attached hydrogens (tertiary/aromatic N) is 4. The van der Waals surface area contributed by atoms with E-state index in [4.69, 9.17) is 0 Å². The zero-order chi connectivity index (χ0) is 18.1. The molecule has 0 radical (unpaired) electrons. The Morgan fingerprint density at radius 2 is 2.08 bits per heavy atom. The zero-order valence-electron chi connectivity index (χ0n) is 15.1. The third-order valence-corrected chi connectivity index (χ3v) is 4.96. The van der Waals surface area contributed by atoms with Crippen molar-refractivity contribution >= 4 is 17.1 Å². The molecule has 1 aromatic carbocycles. The number of nitrogens with one attached hydrogen (secondary N) is 1. The van der Waals surface area contributed by atoms with Crippen LogP contribution in [0.4, 0.5) is 0 Å². The Hall–Kier alpha value is -2.73. The van der Waals surface area contributed by atoms with Gasteiger partial charge in [0.1, 0.15) is 5.82 Å². The number of carbonyl (C=O) groups is 1. The number of imidazole rings is 1. The Bertz CT molecular complexity index is 920. The normalized spacial score (nSPS) is 18.4. The van der Waals surface area contributed by atoms with Gasteiger partial charge in [0.2, 0.25) is 0 Å². The van der Waals surface area contributed by atoms with Crippen molar-refractivity contribution in [2.24, 2.45) is 0 Å². The highest BCUT2D eigenvalue weighted by Crippen LogP contribution is 2.19. The van der Waals surface area contributed by atoms with Crippen molar-refractivity contribution in [3.05, 3.63) is 59.5 Å². The molecule has 6 heteroatoms. The summed E-state index contributed by atoms with van der Waals surface area (Å²) in [6.45, 7) is 4.38. The summed E-state index contributed by atoms with van der Waals surface area (Å²) in [7, 11) is 2.11. The summed E-state index contributed by atoms with van der Waals surface area (Å²) in [5.41, 5.74) is 3.33. The molecule has 3 heterocycles. The minimum atomic E-state index is 0.0423. The Balaban J connectivity index is 1.60. The Morgan fingerprint density at radius 3 is 2.88 bits per heavy atom. The quantitative estimate of drug-likeness (QED) is 0.788. The lowest BCUT2D eigenvalue weighted by Crippen LogP contribution is -2.54. The van der Waals surface area contributed by atoms with Crippen LogP contribution >= 0.6 is 0 Å². The maximum absolute atomic E-state index is 13.2. The lowest BCUT2D eigenvalue weighted by Gasteiger charge is -2.40. The van der Waals surface area contributed by atoms with Crippen LogP contribution < -0.4 is 0 Å². The van der Waals surface area contributed by atoms with Crippen LogP contribution in [0, 0.1) is 6.92 Å². The molecule has 1 atom stereocenters. The first-order valence-electron chi connectivity index (χ1n) is 8.96. The number of fused-ring (bicyclic) bond motifs is 1. The van der Waals surface area contributed by atoms with Crippen LogP contribution in [0.25, 0.3) is 11.2 Å². The van der Waals surface area contributed by atoms with E-state index in [-0.39, 0.29) is 11.9 Å². The van der Waals surface area contributed by atoms with Crippen molar-refractivity contribution in [1.29, 1.82) is 0 Å². The summed E-state index contributed by atoms with van der Waals surface area (Å²) in [4.78, 5) is 29.3. The molecule has 1 amide bonds. The third kappa shape index (κ3) is 3.32. The molecular formula is C20H23N5O. The van der Waals surface area contributed by atoms with Crippen molar-refractivity contribution in [3.63, 3.8) is 0 Å². The van der Waals surface area contributed by atoms with Gasteiger partial charge in [-0.05, 0) is 32.0 Å². The molecule has 1 N–H and O–H groups in total. The average molecular weight is 349 g/mol. The molecule has 6 nitrogen and oxygen atoms in total. The van der Waals surface area contributed by atoms with E-state index in [0.29, 0.717) is 11.2 Å². The number of amides is 1. The second-order valence-corrected chi connectivity index (χ2v) is 7.02. The van der Waals surface area contributed by atoms with Gasteiger partial charge in [-0.25, -0.2) is 9.97 Å². The van der Waals surface area contributed by atoms with E-state index in [9.17, 15) is 4.79 Å². The maximum Gasteiger partial charge on any atom is 0.255 e. The number of carbonyl (C=O) groups excluding carboxylic acids is 1. The summed E-state index contributed by atoms with van der Waals surface area (Å²) in [5, 5.41) is 0. The number of aromatic amines is 1. The van der Waals surface area contributed by atoms with Gasteiger partial charge in [-0.2, -0.15) is 0 Å². The topological polar surface area (TPSA) is 65.1 Å². The zero-order valence-corrected chi connectivity index (χ0v) is 15.1. The molecule has 1 aliphatic heterocycles. The first-order valence-corrected chi connectivity index (χ1v) is 8.96. The number of aromatic nitrogens is 3. The molecule has 3 aromatic rings. The van der Waals surface area contributed by atoms with Crippen LogP contribution in [-0.4, -0.2) is 63.4 Å². The van der Waals surface area contributed by atoms with Crippen molar-refractivity contribution in [2.75, 3.05) is 26.7 Å². The predicted molar refractivity (Wildman–Crippen MR) is 101 cm³/mol. The van der Waals surface area contributed by atoms with Gasteiger partial charge in [0, 0.05) is 31.9 Å². The van der Waals surface area contributed by atoms with E-state index in [1.807, 2.05) is 36.1 Å². The standard InChI is InChI=1S/C20H23N5O/c1-14-22-18-11-16(12-21-19(18)23-14)20(26)25-9-8-24(2)13-17(25)10-15-6-4-3-5-7-15/h3-7,11-12,17H,8-10,13H2,1-2H3,(H,21,22,23). The number of hydrogen-bond acceptors (Lipinski definition) is 4. The fourth-order valence-electron chi connectivity index (χ4n) is 3.64. The summed E-state index contributed by atoms with van der Waals surface area (Å²) in [6.07, 6.45) is 2.50. The first-order chi connectivity index (χ1) is 12.6. The predicted octanol–water partition coefficient (Wildman–Crippen LogP) is 2.27. The Labute approximate surface area is 152 Å². The highest BCUT2D eigenvalue weighted by atomic mass is 16.2. The maximum atomic E-state index is 13.2. The van der Waals surface area contributed by atoms with Crippen molar-refractivity contribution in [1.82, 2.24) is 24.8 Å². The molecule has 1 saturated heterocycles. The van der Waals surface area contributed by atoms with E-state index in [0.717, 1.165) is 37.4 Å².